The van der Waals surface area contributed by atoms with Crippen LogP contribution in [0.15, 0.2) is 92.3 Å². The van der Waals surface area contributed by atoms with Crippen LogP contribution in [0, 0.1) is 0 Å². The van der Waals surface area contributed by atoms with E-state index in [9.17, 15) is 4.79 Å². The van der Waals surface area contributed by atoms with E-state index < -0.39 is 6.03 Å². The summed E-state index contributed by atoms with van der Waals surface area (Å²) >= 11 is 1.52. The summed E-state index contributed by atoms with van der Waals surface area (Å²) in [4.78, 5) is 12.8. The monoisotopic (exact) mass is 337 g/mol. The number of anilines is 1. The molecule has 1 aromatic heterocycles. The molecule has 0 atom stereocenters. The van der Waals surface area contributed by atoms with Gasteiger partial charge in [0.05, 0.1) is 6.21 Å². The molecule has 0 aliphatic carbocycles. The molecule has 2 N–H and O–H groups in total. The van der Waals surface area contributed by atoms with Gasteiger partial charge in [-0.05, 0) is 36.4 Å². The highest BCUT2D eigenvalue weighted by atomic mass is 32.2. The van der Waals surface area contributed by atoms with Crippen LogP contribution in [0.25, 0.3) is 0 Å². The van der Waals surface area contributed by atoms with Gasteiger partial charge in [-0.2, -0.15) is 5.10 Å². The van der Waals surface area contributed by atoms with E-state index in [0.717, 1.165) is 9.99 Å². The number of carbonyl (C=O) groups is 1. The first-order chi connectivity index (χ1) is 11.8. The van der Waals surface area contributed by atoms with Crippen LogP contribution >= 0.6 is 11.8 Å². The maximum absolute atomic E-state index is 11.7. The third kappa shape index (κ3) is 4.76. The lowest BCUT2D eigenvalue weighted by atomic mass is 10.3. The van der Waals surface area contributed by atoms with Crippen molar-refractivity contribution in [1.29, 1.82) is 0 Å². The summed E-state index contributed by atoms with van der Waals surface area (Å²) in [6.07, 6.45) is 1.46. The molecule has 24 heavy (non-hydrogen) atoms. The topological polar surface area (TPSA) is 66.6 Å². The summed E-state index contributed by atoms with van der Waals surface area (Å²) in [6, 6.07) is 22.3. The van der Waals surface area contributed by atoms with Crippen molar-refractivity contribution in [3.8, 4) is 0 Å². The number of hydrazone groups is 1. The van der Waals surface area contributed by atoms with Crippen molar-refractivity contribution in [1.82, 2.24) is 5.43 Å². The number of furan rings is 1. The molecule has 0 bridgehead atoms. The number of urea groups is 1. The van der Waals surface area contributed by atoms with E-state index in [1.807, 2.05) is 54.6 Å². The number of benzene rings is 2. The minimum Gasteiger partial charge on any atom is -0.448 e. The lowest BCUT2D eigenvalue weighted by molar-refractivity contribution is 0.252. The first-order valence-electron chi connectivity index (χ1n) is 7.27. The second-order valence-corrected chi connectivity index (χ2v) is 5.84. The Labute approximate surface area is 143 Å². The first-order valence-corrected chi connectivity index (χ1v) is 8.09. The lowest BCUT2D eigenvalue weighted by Gasteiger charge is -2.02. The minimum absolute atomic E-state index is 0.414. The van der Waals surface area contributed by atoms with Gasteiger partial charge in [-0.15, -0.1) is 0 Å². The van der Waals surface area contributed by atoms with Gasteiger partial charge in [0.2, 0.25) is 0 Å². The fraction of sp³-hybridized carbons (Fsp3) is 0. The fourth-order valence-corrected chi connectivity index (χ4v) is 2.70. The van der Waals surface area contributed by atoms with Crippen LogP contribution in [-0.2, 0) is 0 Å². The smallest absolute Gasteiger partial charge is 0.339 e. The summed E-state index contributed by atoms with van der Waals surface area (Å²) < 4.78 is 5.63. The molecule has 2 amide bonds. The van der Waals surface area contributed by atoms with Gasteiger partial charge in [0.25, 0.3) is 0 Å². The third-order valence-corrected chi connectivity index (χ3v) is 3.88. The SMILES string of the molecule is O=C(N/N=C/c1ccc(Sc2ccccc2)o1)Nc1ccccc1. The van der Waals surface area contributed by atoms with Gasteiger partial charge >= 0.3 is 6.03 Å². The predicted octanol–water partition coefficient (Wildman–Crippen LogP) is 4.59. The van der Waals surface area contributed by atoms with Crippen molar-refractivity contribution in [2.45, 2.75) is 9.99 Å². The van der Waals surface area contributed by atoms with E-state index in [1.54, 1.807) is 18.2 Å². The molecule has 0 spiro atoms. The minimum atomic E-state index is -0.414. The fourth-order valence-electron chi connectivity index (χ4n) is 1.90. The van der Waals surface area contributed by atoms with Gasteiger partial charge < -0.3 is 9.73 Å². The Morgan fingerprint density at radius 2 is 1.67 bits per heavy atom. The standard InChI is InChI=1S/C18H15N3O2S/c22-18(20-14-7-3-1-4-8-14)21-19-13-15-11-12-17(23-15)24-16-9-5-2-6-10-16/h1-13H,(H2,20,21,22)/b19-13+. The number of nitrogens with one attached hydrogen (secondary N) is 2. The highest BCUT2D eigenvalue weighted by molar-refractivity contribution is 7.99. The van der Waals surface area contributed by atoms with Crippen LogP contribution in [0.1, 0.15) is 5.76 Å². The highest BCUT2D eigenvalue weighted by Gasteiger charge is 2.03. The van der Waals surface area contributed by atoms with Crippen molar-refractivity contribution < 1.29 is 9.21 Å². The van der Waals surface area contributed by atoms with Crippen LogP contribution < -0.4 is 10.7 Å². The maximum atomic E-state index is 11.7. The Kier molecular flexibility index (Phi) is 5.32. The summed E-state index contributed by atoms with van der Waals surface area (Å²) in [6.45, 7) is 0. The zero-order valence-electron chi connectivity index (χ0n) is 12.7. The molecule has 1 heterocycles. The van der Waals surface area contributed by atoms with Gasteiger partial charge in [0, 0.05) is 10.6 Å². The largest absolute Gasteiger partial charge is 0.448 e. The average Bonchev–Trinajstić information content (AvgIpc) is 3.04. The summed E-state index contributed by atoms with van der Waals surface area (Å²) in [5.41, 5.74) is 3.09. The molecule has 0 saturated carbocycles. The molecule has 0 fully saturated rings. The van der Waals surface area contributed by atoms with Gasteiger partial charge in [-0.3, -0.25) is 0 Å². The normalized spacial score (nSPS) is 10.7. The molecule has 2 aromatic carbocycles. The van der Waals surface area contributed by atoms with Crippen LogP contribution in [0.3, 0.4) is 0 Å². The van der Waals surface area contributed by atoms with E-state index in [2.05, 4.69) is 15.8 Å². The molecule has 0 saturated heterocycles. The van der Waals surface area contributed by atoms with Gasteiger partial charge in [-0.25, -0.2) is 10.2 Å². The molecular weight excluding hydrogens is 322 g/mol. The van der Waals surface area contributed by atoms with Crippen LogP contribution in [0.5, 0.6) is 0 Å². The zero-order valence-corrected chi connectivity index (χ0v) is 13.5. The molecule has 0 aliphatic heterocycles. The van der Waals surface area contributed by atoms with Crippen molar-refractivity contribution in [2.75, 3.05) is 5.32 Å². The molecule has 6 heteroatoms. The Morgan fingerprint density at radius 1 is 0.958 bits per heavy atom. The van der Waals surface area contributed by atoms with Crippen LogP contribution in [0.4, 0.5) is 10.5 Å². The Bertz CT molecular complexity index is 817. The van der Waals surface area contributed by atoms with E-state index in [1.165, 1.54) is 18.0 Å². The van der Waals surface area contributed by atoms with Gasteiger partial charge in [0.1, 0.15) is 5.76 Å². The first kappa shape index (κ1) is 15.9. The van der Waals surface area contributed by atoms with E-state index >= 15 is 0 Å². The molecule has 3 aromatic rings. The molecule has 0 aliphatic rings. The summed E-state index contributed by atoms with van der Waals surface area (Å²) in [5.74, 6) is 0.563. The highest BCUT2D eigenvalue weighted by Crippen LogP contribution is 2.28. The van der Waals surface area contributed by atoms with Crippen molar-refractivity contribution in [2.24, 2.45) is 5.10 Å². The number of para-hydroxylation sites is 1. The molecule has 0 unspecified atom stereocenters. The van der Waals surface area contributed by atoms with E-state index in [4.69, 9.17) is 4.42 Å². The Hall–Kier alpha value is -2.99. The average molecular weight is 337 g/mol. The summed E-state index contributed by atoms with van der Waals surface area (Å²) in [7, 11) is 0. The van der Waals surface area contributed by atoms with E-state index in [-0.39, 0.29) is 0 Å². The maximum Gasteiger partial charge on any atom is 0.339 e. The second-order valence-electron chi connectivity index (χ2n) is 4.76. The predicted molar refractivity (Wildman–Crippen MR) is 95.5 cm³/mol. The number of carbonyl (C=O) groups excluding carboxylic acids is 1. The number of hydrogen-bond donors (Lipinski definition) is 2. The number of nitrogens with zero attached hydrogens (tertiary/aromatic N) is 1. The zero-order chi connectivity index (χ0) is 16.6. The molecular formula is C18H15N3O2S. The number of amides is 2. The lowest BCUT2D eigenvalue weighted by Crippen LogP contribution is -2.24. The van der Waals surface area contributed by atoms with Gasteiger partial charge in [0.15, 0.2) is 5.09 Å². The van der Waals surface area contributed by atoms with E-state index in [0.29, 0.717) is 11.4 Å². The molecule has 3 rings (SSSR count). The van der Waals surface area contributed by atoms with Crippen LogP contribution in [0.2, 0.25) is 0 Å². The summed E-state index contributed by atoms with van der Waals surface area (Å²) in [5, 5.41) is 7.30. The Balaban J connectivity index is 1.51. The van der Waals surface area contributed by atoms with Crippen molar-refractivity contribution in [3.63, 3.8) is 0 Å². The van der Waals surface area contributed by atoms with Crippen LogP contribution in [-0.4, -0.2) is 12.2 Å². The number of rotatable bonds is 5. The molecule has 120 valence electrons. The van der Waals surface area contributed by atoms with Gasteiger partial charge in [-0.1, -0.05) is 48.2 Å². The quantitative estimate of drug-likeness (QED) is 0.529. The van der Waals surface area contributed by atoms with Crippen molar-refractivity contribution >= 4 is 29.7 Å². The third-order valence-electron chi connectivity index (χ3n) is 2.95. The molecule has 0 radical (unpaired) electrons. The molecule has 5 nitrogen and oxygen atoms in total. The van der Waals surface area contributed by atoms with Crippen molar-refractivity contribution in [3.05, 3.63) is 78.6 Å². The second kappa shape index (κ2) is 8.03. The number of hydrogen-bond acceptors (Lipinski definition) is 4. The Morgan fingerprint density at radius 3 is 2.42 bits per heavy atom.